The van der Waals surface area contributed by atoms with Gasteiger partial charge in [0.25, 0.3) is 0 Å². The molecule has 28 heavy (non-hydrogen) atoms. The average molecular weight is 417 g/mol. The molecular weight excluding hydrogens is 410 g/mol. The summed E-state index contributed by atoms with van der Waals surface area (Å²) in [6.07, 6.45) is -10.4. The second-order valence-corrected chi connectivity index (χ2v) is 5.94. The van der Waals surface area contributed by atoms with Gasteiger partial charge in [-0.05, 0) is 0 Å². The zero-order valence-corrected chi connectivity index (χ0v) is 14.2. The Morgan fingerprint density at radius 1 is 1.21 bits per heavy atom. The summed E-state index contributed by atoms with van der Waals surface area (Å²) in [6.45, 7) is 0. The molecule has 6 nitrogen and oxygen atoms in total. The zero-order valence-electron chi connectivity index (χ0n) is 13.4. The van der Waals surface area contributed by atoms with Crippen LogP contribution in [0.3, 0.4) is 0 Å². The second kappa shape index (κ2) is 6.29. The zero-order chi connectivity index (χ0) is 20.9. The summed E-state index contributed by atoms with van der Waals surface area (Å²) in [5, 5.41) is 15.1. The van der Waals surface area contributed by atoms with Gasteiger partial charge in [0.15, 0.2) is 0 Å². The third kappa shape index (κ3) is 3.10. The van der Waals surface area contributed by atoms with Crippen LogP contribution in [0.2, 0.25) is 0 Å². The molecule has 1 aromatic rings. The van der Waals surface area contributed by atoms with E-state index in [0.29, 0.717) is 11.1 Å². The van der Waals surface area contributed by atoms with E-state index in [1.54, 1.807) is 0 Å². The van der Waals surface area contributed by atoms with Gasteiger partial charge in [0.1, 0.15) is 0 Å². The minimum absolute atomic E-state index is 0.301. The Labute approximate surface area is 158 Å². The monoisotopic (exact) mass is 417 g/mol. The van der Waals surface area contributed by atoms with Crippen molar-refractivity contribution in [2.45, 2.75) is 24.3 Å². The predicted molar refractivity (Wildman–Crippen MR) is 88.8 cm³/mol. The standard InChI is InChI=1S/C15H7F6N6S/c16-14(17,18)9-3-8(2-1-7(9)5-22)24-11-13(6-28)4-10(15(19,20)21)26-27(13)12(23)25-11/h1-3H,4H2,(H2,23,24,25)/q+1/t13-/m1/s1. The van der Waals surface area contributed by atoms with Gasteiger partial charge in [-0.15, -0.1) is 0 Å². The molecule has 1 aromatic carbocycles. The van der Waals surface area contributed by atoms with Crippen LogP contribution in [-0.4, -0.2) is 34.2 Å². The van der Waals surface area contributed by atoms with E-state index in [-0.39, 0.29) is 11.5 Å². The van der Waals surface area contributed by atoms with Gasteiger partial charge >= 0.3 is 158 Å². The summed E-state index contributed by atoms with van der Waals surface area (Å²) in [6, 6.07) is 3.97. The van der Waals surface area contributed by atoms with Crippen LogP contribution in [0, 0.1) is 16.5 Å². The van der Waals surface area contributed by atoms with E-state index < -0.39 is 47.1 Å². The molecule has 2 heterocycles. The van der Waals surface area contributed by atoms with Gasteiger partial charge in [-0.1, -0.05) is 0 Å². The molecule has 2 N–H and O–H groups in total. The van der Waals surface area contributed by atoms with Crippen molar-refractivity contribution in [1.82, 2.24) is 5.01 Å². The van der Waals surface area contributed by atoms with Crippen LogP contribution in [0.4, 0.5) is 32.0 Å². The Hall–Kier alpha value is -2.97. The van der Waals surface area contributed by atoms with Crippen molar-refractivity contribution in [1.29, 1.82) is 5.26 Å². The predicted octanol–water partition coefficient (Wildman–Crippen LogP) is 2.80. The number of fused-ring (bicyclic) bond motifs is 1. The maximum absolute atomic E-state index is 13.1. The maximum atomic E-state index is 13.1. The van der Waals surface area contributed by atoms with E-state index in [1.165, 1.54) is 6.07 Å². The number of hydrogen-bond acceptors (Lipinski definition) is 5. The Morgan fingerprint density at radius 2 is 1.89 bits per heavy atom. The molecule has 0 bridgehead atoms. The molecule has 13 heteroatoms. The van der Waals surface area contributed by atoms with Gasteiger partial charge in [-0.25, -0.2) is 0 Å². The Morgan fingerprint density at radius 3 is 2.43 bits per heavy atom. The van der Waals surface area contributed by atoms with Crippen LogP contribution in [0.1, 0.15) is 17.5 Å². The quantitative estimate of drug-likeness (QED) is 0.563. The summed E-state index contributed by atoms with van der Waals surface area (Å²) in [7, 11) is 0. The topological polar surface area (TPSA) is 90.1 Å². The number of nitrogens with two attached hydrogens (primary N) is 1. The normalized spacial score (nSPS) is 23.1. The molecular formula is C15H7F6N6S+. The SMILES string of the molecule is N#Cc1ccc(N=C2N=C(N)N3N=C(C(F)(F)F)C[C@@]23C#[S+])cc1C(F)(F)F. The third-order valence-corrected chi connectivity index (χ3v) is 4.31. The number of alkyl halides is 6. The molecule has 0 aromatic heterocycles. The molecule has 0 fully saturated rings. The Balaban J connectivity index is 2.10. The fraction of sp³-hybridized carbons (Fsp3) is 0.267. The first kappa shape index (κ1) is 19.8. The van der Waals surface area contributed by atoms with Gasteiger partial charge in [-0.3, -0.25) is 0 Å². The second-order valence-electron chi connectivity index (χ2n) is 5.74. The summed E-state index contributed by atoms with van der Waals surface area (Å²) >= 11 is 4.72. The number of nitriles is 1. The van der Waals surface area contributed by atoms with E-state index >= 15 is 0 Å². The number of halogens is 6. The molecule has 0 spiro atoms. The van der Waals surface area contributed by atoms with Crippen molar-refractivity contribution in [3.05, 3.63) is 29.3 Å². The molecule has 0 saturated carbocycles. The average Bonchev–Trinajstić information content (AvgIpc) is 3.11. The van der Waals surface area contributed by atoms with Crippen molar-refractivity contribution < 1.29 is 26.3 Å². The number of benzene rings is 1. The van der Waals surface area contributed by atoms with E-state index in [4.69, 9.17) is 23.0 Å². The fourth-order valence-electron chi connectivity index (χ4n) is 2.68. The van der Waals surface area contributed by atoms with E-state index in [2.05, 4.69) is 20.3 Å². The van der Waals surface area contributed by atoms with Crippen molar-refractivity contribution in [3.8, 4) is 11.3 Å². The van der Waals surface area contributed by atoms with Crippen LogP contribution in [0.5, 0.6) is 0 Å². The van der Waals surface area contributed by atoms with Crippen LogP contribution in [-0.2, 0) is 18.2 Å². The first-order valence-electron chi connectivity index (χ1n) is 7.31. The minimum atomic E-state index is -4.83. The van der Waals surface area contributed by atoms with E-state index in [1.807, 2.05) is 0 Å². The van der Waals surface area contributed by atoms with Gasteiger partial charge < -0.3 is 0 Å². The first-order valence-corrected chi connectivity index (χ1v) is 7.72. The number of aliphatic imine (C=N–C) groups is 2. The molecule has 0 radical (unpaired) electrons. The molecule has 0 aliphatic carbocycles. The van der Waals surface area contributed by atoms with Crippen molar-refractivity contribution >= 4 is 35.2 Å². The summed E-state index contributed by atoms with van der Waals surface area (Å²) in [5.74, 6) is -0.846. The Bertz CT molecular complexity index is 1030. The number of rotatable bonds is 1. The number of amidine groups is 1. The first-order chi connectivity index (χ1) is 12.9. The van der Waals surface area contributed by atoms with Gasteiger partial charge in [0, 0.05) is 0 Å². The molecule has 3 rings (SSSR count). The van der Waals surface area contributed by atoms with E-state index in [0.717, 1.165) is 12.1 Å². The van der Waals surface area contributed by atoms with Crippen LogP contribution in [0.25, 0.3) is 0 Å². The molecule has 144 valence electrons. The number of hydrazone groups is 1. The fourth-order valence-corrected chi connectivity index (χ4v) is 2.93. The molecule has 1 atom stereocenters. The molecule has 0 amide bonds. The molecule has 0 saturated heterocycles. The number of nitrogens with zero attached hydrogens (tertiary/aromatic N) is 5. The van der Waals surface area contributed by atoms with Gasteiger partial charge in [0.2, 0.25) is 0 Å². The van der Waals surface area contributed by atoms with Crippen molar-refractivity contribution in [2.75, 3.05) is 0 Å². The molecule has 0 unspecified atom stereocenters. The molecule has 2 aliphatic rings. The third-order valence-electron chi connectivity index (χ3n) is 3.97. The van der Waals surface area contributed by atoms with Crippen LogP contribution in [0.15, 0.2) is 33.3 Å². The van der Waals surface area contributed by atoms with E-state index in [9.17, 15) is 26.3 Å². The summed E-state index contributed by atoms with van der Waals surface area (Å²) < 4.78 is 78.4. The number of guanidine groups is 1. The van der Waals surface area contributed by atoms with Crippen molar-refractivity contribution in [3.63, 3.8) is 0 Å². The van der Waals surface area contributed by atoms with Crippen molar-refractivity contribution in [2.24, 2.45) is 20.8 Å². The number of hydrogen-bond donors (Lipinski definition) is 1. The van der Waals surface area contributed by atoms with Gasteiger partial charge in [-0.2, -0.15) is 0 Å². The van der Waals surface area contributed by atoms with Gasteiger partial charge in [0.05, 0.1) is 0 Å². The summed E-state index contributed by atoms with van der Waals surface area (Å²) in [4.78, 5) is 7.67. The van der Waals surface area contributed by atoms with Crippen LogP contribution >= 0.6 is 0 Å². The Kier molecular flexibility index (Phi) is 4.44. The molecule has 2 aliphatic heterocycles. The summed E-state index contributed by atoms with van der Waals surface area (Å²) in [5.41, 5.74) is 0.338. The van der Waals surface area contributed by atoms with Crippen LogP contribution < -0.4 is 5.73 Å².